The van der Waals surface area contributed by atoms with E-state index in [0.717, 1.165) is 0 Å². The number of aromatic nitrogens is 2. The summed E-state index contributed by atoms with van der Waals surface area (Å²) in [4.78, 5) is 33.3. The summed E-state index contributed by atoms with van der Waals surface area (Å²) in [5, 5.41) is 2.82. The van der Waals surface area contributed by atoms with Gasteiger partial charge in [-0.15, -0.1) is 0 Å². The zero-order valence-electron chi connectivity index (χ0n) is 12.1. The number of nitrogens with zero attached hydrogens (tertiary/aromatic N) is 3. The van der Waals surface area contributed by atoms with Crippen molar-refractivity contribution in [1.29, 1.82) is 0 Å². The van der Waals surface area contributed by atoms with Crippen LogP contribution in [0.1, 0.15) is 30.8 Å². The molecule has 1 unspecified atom stereocenters. The Morgan fingerprint density at radius 1 is 1.35 bits per heavy atom. The van der Waals surface area contributed by atoms with Crippen LogP contribution in [0.4, 0.5) is 0 Å². The minimum Gasteiger partial charge on any atom is -0.347 e. The highest BCUT2D eigenvalue weighted by atomic mass is 35.5. The average Bonchev–Trinajstić information content (AvgIpc) is 2.36. The molecule has 2 amide bonds. The Balaban J connectivity index is 2.84. The van der Waals surface area contributed by atoms with Crippen LogP contribution in [-0.2, 0) is 4.79 Å². The van der Waals surface area contributed by atoms with Crippen LogP contribution < -0.4 is 5.32 Å². The molecule has 0 aliphatic rings. The zero-order valence-corrected chi connectivity index (χ0v) is 12.8. The molecule has 110 valence electrons. The highest BCUT2D eigenvalue weighted by Gasteiger charge is 2.24. The Bertz CT molecular complexity index is 491. The summed E-state index contributed by atoms with van der Waals surface area (Å²) in [6.07, 6.45) is 3.21. The molecule has 1 atom stereocenters. The molecule has 0 fully saturated rings. The summed E-state index contributed by atoms with van der Waals surface area (Å²) in [5.74, 6) is -0.336. The first kappa shape index (κ1) is 16.4. The quantitative estimate of drug-likeness (QED) is 0.890. The van der Waals surface area contributed by atoms with Crippen LogP contribution in [0.2, 0.25) is 5.15 Å². The Morgan fingerprint density at radius 3 is 2.50 bits per heavy atom. The van der Waals surface area contributed by atoms with Crippen LogP contribution in [0.15, 0.2) is 12.4 Å². The third-order valence-corrected chi connectivity index (χ3v) is 2.77. The second kappa shape index (κ2) is 7.19. The maximum absolute atomic E-state index is 12.1. The lowest BCUT2D eigenvalue weighted by Crippen LogP contribution is -2.47. The number of rotatable bonds is 5. The molecule has 1 rings (SSSR count). The van der Waals surface area contributed by atoms with Gasteiger partial charge in [-0.2, -0.15) is 0 Å². The fourth-order valence-electron chi connectivity index (χ4n) is 1.69. The van der Waals surface area contributed by atoms with E-state index in [1.807, 2.05) is 13.8 Å². The Morgan fingerprint density at radius 2 is 2.00 bits per heavy atom. The number of carbonyl (C=O) groups excluding carboxylic acids is 2. The third kappa shape index (κ3) is 4.77. The molecule has 1 N–H and O–H groups in total. The molecule has 6 nitrogen and oxygen atoms in total. The maximum atomic E-state index is 12.1. The molecule has 0 bridgehead atoms. The predicted octanol–water partition coefficient (Wildman–Crippen LogP) is 1.36. The third-order valence-electron chi connectivity index (χ3n) is 2.59. The fraction of sp³-hybridized carbons (Fsp3) is 0.538. The van der Waals surface area contributed by atoms with Crippen LogP contribution in [0.5, 0.6) is 0 Å². The van der Waals surface area contributed by atoms with E-state index in [4.69, 9.17) is 11.6 Å². The molecular formula is C13H19ClN4O2. The Kier molecular flexibility index (Phi) is 5.88. The van der Waals surface area contributed by atoms with Crippen LogP contribution in [0.3, 0.4) is 0 Å². The molecule has 0 spiro atoms. The van der Waals surface area contributed by atoms with Gasteiger partial charge in [0.15, 0.2) is 0 Å². The monoisotopic (exact) mass is 298 g/mol. The van der Waals surface area contributed by atoms with Gasteiger partial charge in [-0.3, -0.25) is 14.6 Å². The summed E-state index contributed by atoms with van der Waals surface area (Å²) in [5.41, 5.74) is 0.0952. The van der Waals surface area contributed by atoms with Crippen LogP contribution in [0.25, 0.3) is 0 Å². The van der Waals surface area contributed by atoms with E-state index in [9.17, 15) is 9.59 Å². The van der Waals surface area contributed by atoms with Gasteiger partial charge in [0, 0.05) is 14.1 Å². The summed E-state index contributed by atoms with van der Waals surface area (Å²) in [7, 11) is 3.31. The molecule has 1 aromatic heterocycles. The van der Waals surface area contributed by atoms with Crippen molar-refractivity contribution in [3.05, 3.63) is 23.2 Å². The number of hydrogen-bond donors (Lipinski definition) is 1. The van der Waals surface area contributed by atoms with E-state index < -0.39 is 11.9 Å². The SMILES string of the molecule is CC(C)CC(NC(=O)c1cncc(Cl)n1)C(=O)N(C)C. The molecule has 0 aromatic carbocycles. The highest BCUT2D eigenvalue weighted by molar-refractivity contribution is 6.29. The maximum Gasteiger partial charge on any atom is 0.272 e. The summed E-state index contributed by atoms with van der Waals surface area (Å²) < 4.78 is 0. The van der Waals surface area contributed by atoms with Gasteiger partial charge >= 0.3 is 0 Å². The summed E-state index contributed by atoms with van der Waals surface area (Å²) >= 11 is 5.69. The standard InChI is InChI=1S/C13H19ClN4O2/c1-8(2)5-9(13(20)18(3)4)17-12(19)10-6-15-7-11(14)16-10/h6-9H,5H2,1-4H3,(H,17,19). The zero-order chi connectivity index (χ0) is 15.3. The van der Waals surface area contributed by atoms with Gasteiger partial charge in [-0.25, -0.2) is 4.98 Å². The first-order valence-corrected chi connectivity index (χ1v) is 6.68. The molecule has 1 aromatic rings. The fourth-order valence-corrected chi connectivity index (χ4v) is 1.84. The lowest BCUT2D eigenvalue weighted by atomic mass is 10.0. The van der Waals surface area contributed by atoms with Crippen molar-refractivity contribution in [3.8, 4) is 0 Å². The van der Waals surface area contributed by atoms with Gasteiger partial charge in [0.05, 0.1) is 12.4 Å². The Hall–Kier alpha value is -1.69. The van der Waals surface area contributed by atoms with Crippen molar-refractivity contribution in [2.24, 2.45) is 5.92 Å². The van der Waals surface area contributed by atoms with Crippen molar-refractivity contribution in [1.82, 2.24) is 20.2 Å². The first-order chi connectivity index (χ1) is 9.31. The van der Waals surface area contributed by atoms with Crippen molar-refractivity contribution < 1.29 is 9.59 Å². The second-order valence-corrected chi connectivity index (χ2v) is 5.50. The van der Waals surface area contributed by atoms with Gasteiger partial charge in [-0.05, 0) is 12.3 Å². The van der Waals surface area contributed by atoms with E-state index >= 15 is 0 Å². The van der Waals surface area contributed by atoms with Crippen molar-refractivity contribution in [2.75, 3.05) is 14.1 Å². The van der Waals surface area contributed by atoms with E-state index in [0.29, 0.717) is 6.42 Å². The number of nitrogens with one attached hydrogen (secondary N) is 1. The topological polar surface area (TPSA) is 75.2 Å². The molecule has 20 heavy (non-hydrogen) atoms. The summed E-state index contributed by atoms with van der Waals surface area (Å²) in [6.45, 7) is 3.97. The minimum atomic E-state index is -0.585. The molecule has 0 radical (unpaired) electrons. The largest absolute Gasteiger partial charge is 0.347 e. The molecular weight excluding hydrogens is 280 g/mol. The smallest absolute Gasteiger partial charge is 0.272 e. The molecule has 0 aliphatic heterocycles. The highest BCUT2D eigenvalue weighted by Crippen LogP contribution is 2.08. The number of amides is 2. The minimum absolute atomic E-state index is 0.0952. The summed E-state index contributed by atoms with van der Waals surface area (Å²) in [6, 6.07) is -0.585. The number of hydrogen-bond acceptors (Lipinski definition) is 4. The van der Waals surface area contributed by atoms with Gasteiger partial charge in [-0.1, -0.05) is 25.4 Å². The average molecular weight is 299 g/mol. The lowest BCUT2D eigenvalue weighted by molar-refractivity contribution is -0.131. The second-order valence-electron chi connectivity index (χ2n) is 5.12. The first-order valence-electron chi connectivity index (χ1n) is 6.30. The van der Waals surface area contributed by atoms with E-state index in [1.54, 1.807) is 14.1 Å². The normalized spacial score (nSPS) is 12.1. The van der Waals surface area contributed by atoms with E-state index in [2.05, 4.69) is 15.3 Å². The van der Waals surface area contributed by atoms with E-state index in [1.165, 1.54) is 17.3 Å². The van der Waals surface area contributed by atoms with Crippen molar-refractivity contribution in [3.63, 3.8) is 0 Å². The number of likely N-dealkylation sites (N-methyl/N-ethyl adjacent to an activating group) is 1. The predicted molar refractivity (Wildman–Crippen MR) is 76.4 cm³/mol. The van der Waals surface area contributed by atoms with Crippen molar-refractivity contribution >= 4 is 23.4 Å². The van der Waals surface area contributed by atoms with Gasteiger partial charge in [0.2, 0.25) is 5.91 Å². The van der Waals surface area contributed by atoms with Crippen LogP contribution in [-0.4, -0.2) is 46.8 Å². The molecule has 7 heteroatoms. The molecule has 0 saturated carbocycles. The molecule has 0 saturated heterocycles. The lowest BCUT2D eigenvalue weighted by Gasteiger charge is -2.23. The van der Waals surface area contributed by atoms with Crippen LogP contribution in [0, 0.1) is 5.92 Å². The number of halogens is 1. The molecule has 1 heterocycles. The van der Waals surface area contributed by atoms with Crippen LogP contribution >= 0.6 is 11.6 Å². The van der Waals surface area contributed by atoms with Crippen molar-refractivity contribution in [2.45, 2.75) is 26.3 Å². The van der Waals surface area contributed by atoms with E-state index in [-0.39, 0.29) is 22.7 Å². The Labute approximate surface area is 123 Å². The van der Waals surface area contributed by atoms with Gasteiger partial charge < -0.3 is 10.2 Å². The van der Waals surface area contributed by atoms with Gasteiger partial charge in [0.1, 0.15) is 16.9 Å². The number of carbonyl (C=O) groups is 2. The molecule has 0 aliphatic carbocycles. The van der Waals surface area contributed by atoms with Gasteiger partial charge in [0.25, 0.3) is 5.91 Å².